The van der Waals surface area contributed by atoms with Crippen LogP contribution in [0.4, 0.5) is 14.9 Å². The van der Waals surface area contributed by atoms with Crippen LogP contribution in [-0.2, 0) is 0 Å². The first kappa shape index (κ1) is 19.6. The molecule has 0 spiro atoms. The molecule has 2 amide bonds. The van der Waals surface area contributed by atoms with Gasteiger partial charge in [0, 0.05) is 5.69 Å². The van der Waals surface area contributed by atoms with E-state index in [0.717, 1.165) is 5.56 Å². The van der Waals surface area contributed by atoms with Crippen molar-refractivity contribution in [2.45, 2.75) is 6.04 Å². The van der Waals surface area contributed by atoms with Crippen LogP contribution in [0.1, 0.15) is 17.5 Å². The van der Waals surface area contributed by atoms with Gasteiger partial charge < -0.3 is 15.1 Å². The number of nitrogens with one attached hydrogen (secondary N) is 2. The van der Waals surface area contributed by atoms with E-state index in [2.05, 4.69) is 20.8 Å². The molecule has 0 aliphatic rings. The van der Waals surface area contributed by atoms with Gasteiger partial charge in [-0.15, -0.1) is 10.2 Å². The lowest BCUT2D eigenvalue weighted by atomic mass is 10.1. The zero-order chi connectivity index (χ0) is 20.9. The van der Waals surface area contributed by atoms with Gasteiger partial charge in [-0.25, -0.2) is 9.18 Å². The monoisotopic (exact) mass is 422 g/mol. The highest BCUT2D eigenvalue weighted by molar-refractivity contribution is 6.33. The summed E-state index contributed by atoms with van der Waals surface area (Å²) in [6.45, 7) is 0. The van der Waals surface area contributed by atoms with Crippen LogP contribution in [0.3, 0.4) is 0 Å². The summed E-state index contributed by atoms with van der Waals surface area (Å²) in [5, 5.41) is 14.0. The van der Waals surface area contributed by atoms with Crippen LogP contribution in [0.25, 0.3) is 11.5 Å². The van der Waals surface area contributed by atoms with E-state index < -0.39 is 17.9 Å². The first-order valence-corrected chi connectivity index (χ1v) is 9.44. The number of hydrogen-bond acceptors (Lipinski definition) is 4. The van der Waals surface area contributed by atoms with Crippen LogP contribution >= 0.6 is 11.6 Å². The van der Waals surface area contributed by atoms with Gasteiger partial charge in [0.25, 0.3) is 0 Å². The molecule has 0 unspecified atom stereocenters. The predicted molar refractivity (Wildman–Crippen MR) is 112 cm³/mol. The largest absolute Gasteiger partial charge is 0.418 e. The Morgan fingerprint density at radius 2 is 1.73 bits per heavy atom. The van der Waals surface area contributed by atoms with E-state index in [0.29, 0.717) is 16.3 Å². The van der Waals surface area contributed by atoms with Crippen LogP contribution < -0.4 is 10.6 Å². The lowest BCUT2D eigenvalue weighted by molar-refractivity contribution is 0.248. The molecule has 0 radical (unpaired) electrons. The second-order valence-electron chi connectivity index (χ2n) is 6.38. The van der Waals surface area contributed by atoms with E-state index in [1.807, 2.05) is 36.4 Å². The molecule has 0 saturated heterocycles. The fourth-order valence-electron chi connectivity index (χ4n) is 2.89. The van der Waals surface area contributed by atoms with E-state index >= 15 is 0 Å². The van der Waals surface area contributed by atoms with Crippen molar-refractivity contribution >= 4 is 23.3 Å². The Bertz CT molecular complexity index is 1170. The molecule has 0 bridgehead atoms. The van der Waals surface area contributed by atoms with Crippen molar-refractivity contribution in [3.05, 3.63) is 101 Å². The number of anilines is 1. The zero-order valence-electron chi connectivity index (χ0n) is 15.5. The van der Waals surface area contributed by atoms with E-state index in [1.54, 1.807) is 24.3 Å². The summed E-state index contributed by atoms with van der Waals surface area (Å²) in [6.07, 6.45) is 0. The molecule has 1 atom stereocenters. The Kier molecular flexibility index (Phi) is 5.72. The molecule has 8 heteroatoms. The SMILES string of the molecule is O=C(Nc1cccc(F)c1)N[C@H](c1ccccc1)c1nnc(-c2ccccc2Cl)o1. The van der Waals surface area contributed by atoms with Crippen molar-refractivity contribution < 1.29 is 13.6 Å². The van der Waals surface area contributed by atoms with Crippen molar-refractivity contribution in [3.63, 3.8) is 0 Å². The minimum absolute atomic E-state index is 0.186. The fourth-order valence-corrected chi connectivity index (χ4v) is 3.11. The summed E-state index contributed by atoms with van der Waals surface area (Å²) in [5.74, 6) is -0.0249. The fraction of sp³-hybridized carbons (Fsp3) is 0.0455. The highest BCUT2D eigenvalue weighted by Gasteiger charge is 2.24. The minimum Gasteiger partial charge on any atom is -0.418 e. The number of hydrogen-bond donors (Lipinski definition) is 2. The number of halogens is 2. The quantitative estimate of drug-likeness (QED) is 0.448. The second kappa shape index (κ2) is 8.75. The van der Waals surface area contributed by atoms with Crippen molar-refractivity contribution in [1.29, 1.82) is 0 Å². The second-order valence-corrected chi connectivity index (χ2v) is 6.79. The predicted octanol–water partition coefficient (Wildman–Crippen LogP) is 5.44. The summed E-state index contributed by atoms with van der Waals surface area (Å²) < 4.78 is 19.2. The lowest BCUT2D eigenvalue weighted by Gasteiger charge is -2.16. The zero-order valence-corrected chi connectivity index (χ0v) is 16.3. The topological polar surface area (TPSA) is 80.0 Å². The Hall–Kier alpha value is -3.71. The maximum Gasteiger partial charge on any atom is 0.320 e. The number of benzene rings is 3. The van der Waals surface area contributed by atoms with E-state index in [-0.39, 0.29) is 11.8 Å². The highest BCUT2D eigenvalue weighted by Crippen LogP contribution is 2.29. The molecule has 0 aliphatic carbocycles. The van der Waals surface area contributed by atoms with Crippen LogP contribution in [0.5, 0.6) is 0 Å². The Balaban J connectivity index is 1.61. The number of aromatic nitrogens is 2. The molecule has 150 valence electrons. The highest BCUT2D eigenvalue weighted by atomic mass is 35.5. The molecule has 1 heterocycles. The summed E-state index contributed by atoms with van der Waals surface area (Å²) in [5.41, 5.74) is 1.65. The van der Waals surface area contributed by atoms with Gasteiger partial charge in [0.2, 0.25) is 11.8 Å². The van der Waals surface area contributed by atoms with Crippen LogP contribution in [0.15, 0.2) is 83.3 Å². The van der Waals surface area contributed by atoms with Gasteiger partial charge in [0.05, 0.1) is 10.6 Å². The summed E-state index contributed by atoms with van der Waals surface area (Å²) in [4.78, 5) is 12.6. The molecule has 3 aromatic carbocycles. The van der Waals surface area contributed by atoms with Gasteiger partial charge in [0.15, 0.2) is 0 Å². The standard InChI is InChI=1S/C22H16ClFN4O2/c23-18-12-5-4-11-17(18)20-27-28-21(30-20)19(14-7-2-1-3-8-14)26-22(29)25-16-10-6-9-15(24)13-16/h1-13,19H,(H2,25,26,29)/t19-/m1/s1. The molecule has 4 rings (SSSR count). The molecule has 0 aliphatic heterocycles. The molecule has 0 saturated carbocycles. The number of nitrogens with zero attached hydrogens (tertiary/aromatic N) is 2. The van der Waals surface area contributed by atoms with Crippen LogP contribution in [0, 0.1) is 5.82 Å². The summed E-state index contributed by atoms with van der Waals surface area (Å²) in [6, 6.07) is 20.6. The van der Waals surface area contributed by atoms with Crippen molar-refractivity contribution in [3.8, 4) is 11.5 Å². The smallest absolute Gasteiger partial charge is 0.320 e. The molecule has 0 fully saturated rings. The summed E-state index contributed by atoms with van der Waals surface area (Å²) >= 11 is 6.21. The van der Waals surface area contributed by atoms with Crippen LogP contribution in [0.2, 0.25) is 5.02 Å². The normalized spacial score (nSPS) is 11.7. The average Bonchev–Trinajstić information content (AvgIpc) is 3.22. The third-order valence-electron chi connectivity index (χ3n) is 4.28. The van der Waals surface area contributed by atoms with Crippen molar-refractivity contribution in [2.24, 2.45) is 0 Å². The number of urea groups is 1. The van der Waals surface area contributed by atoms with Crippen molar-refractivity contribution in [1.82, 2.24) is 15.5 Å². The maximum absolute atomic E-state index is 13.4. The number of rotatable bonds is 5. The van der Waals surface area contributed by atoms with Gasteiger partial charge in [-0.3, -0.25) is 0 Å². The summed E-state index contributed by atoms with van der Waals surface area (Å²) in [7, 11) is 0. The Labute approximate surface area is 176 Å². The minimum atomic E-state index is -0.719. The van der Waals surface area contributed by atoms with Gasteiger partial charge >= 0.3 is 6.03 Å². The Morgan fingerprint density at radius 1 is 0.967 bits per heavy atom. The van der Waals surface area contributed by atoms with E-state index in [4.69, 9.17) is 16.0 Å². The van der Waals surface area contributed by atoms with E-state index in [9.17, 15) is 9.18 Å². The lowest BCUT2D eigenvalue weighted by Crippen LogP contribution is -2.33. The Morgan fingerprint density at radius 3 is 2.50 bits per heavy atom. The maximum atomic E-state index is 13.4. The third-order valence-corrected chi connectivity index (χ3v) is 4.61. The van der Waals surface area contributed by atoms with Crippen LogP contribution in [-0.4, -0.2) is 16.2 Å². The molecule has 2 N–H and O–H groups in total. The first-order chi connectivity index (χ1) is 14.6. The molecular formula is C22H16ClFN4O2. The molecule has 4 aromatic rings. The number of amides is 2. The van der Waals surface area contributed by atoms with E-state index in [1.165, 1.54) is 18.2 Å². The average molecular weight is 423 g/mol. The first-order valence-electron chi connectivity index (χ1n) is 9.06. The van der Waals surface area contributed by atoms with Gasteiger partial charge in [-0.1, -0.05) is 60.1 Å². The number of carbonyl (C=O) groups excluding carboxylic acids is 1. The van der Waals surface area contributed by atoms with Gasteiger partial charge in [-0.2, -0.15) is 0 Å². The number of carbonyl (C=O) groups is 1. The molecule has 30 heavy (non-hydrogen) atoms. The van der Waals surface area contributed by atoms with Crippen molar-refractivity contribution in [2.75, 3.05) is 5.32 Å². The molecular weight excluding hydrogens is 407 g/mol. The van der Waals surface area contributed by atoms with Gasteiger partial charge in [0.1, 0.15) is 11.9 Å². The van der Waals surface area contributed by atoms with Gasteiger partial charge in [-0.05, 0) is 35.9 Å². The molecule has 1 aromatic heterocycles. The molecule has 6 nitrogen and oxygen atoms in total. The third kappa shape index (κ3) is 4.47.